The van der Waals surface area contributed by atoms with Gasteiger partial charge in [-0.05, 0) is 42.6 Å². The van der Waals surface area contributed by atoms with Crippen LogP contribution >= 0.6 is 0 Å². The molecule has 0 heterocycles. The van der Waals surface area contributed by atoms with E-state index < -0.39 is 0 Å². The Morgan fingerprint density at radius 3 is 2.55 bits per heavy atom. The second kappa shape index (κ2) is 11.1. The van der Waals surface area contributed by atoms with Gasteiger partial charge in [-0.2, -0.15) is 0 Å². The van der Waals surface area contributed by atoms with Crippen molar-refractivity contribution >= 4 is 11.8 Å². The highest BCUT2D eigenvalue weighted by Gasteiger charge is 2.33. The average molecular weight is 401 g/mol. The van der Waals surface area contributed by atoms with Gasteiger partial charge in [-0.1, -0.05) is 55.8 Å². The predicted octanol–water partition coefficient (Wildman–Crippen LogP) is 3.65. The van der Waals surface area contributed by atoms with Crippen LogP contribution in [0.5, 0.6) is 0 Å². The summed E-state index contributed by atoms with van der Waals surface area (Å²) in [6, 6.07) is 10.1. The Kier molecular flexibility index (Phi) is 8.90. The van der Waals surface area contributed by atoms with E-state index in [0.29, 0.717) is 37.3 Å². The van der Waals surface area contributed by atoms with E-state index in [1.54, 1.807) is 0 Å². The highest BCUT2D eigenvalue weighted by Crippen LogP contribution is 2.39. The normalized spacial score (nSPS) is 21.6. The number of benzene rings is 1. The number of nitrogens with zero attached hydrogens (tertiary/aromatic N) is 1. The van der Waals surface area contributed by atoms with Gasteiger partial charge in [0, 0.05) is 33.7 Å². The molecule has 1 aromatic carbocycles. The molecule has 0 spiro atoms. The maximum absolute atomic E-state index is 12.8. The highest BCUT2D eigenvalue weighted by atomic mass is 16.5. The Bertz CT molecular complexity index is 699. The van der Waals surface area contributed by atoms with E-state index in [2.05, 4.69) is 32.2 Å². The average Bonchev–Trinajstić information content (AvgIpc) is 2.68. The van der Waals surface area contributed by atoms with Gasteiger partial charge in [-0.25, -0.2) is 0 Å². The summed E-state index contributed by atoms with van der Waals surface area (Å²) in [7, 11) is 3.41. The third-order valence-corrected chi connectivity index (χ3v) is 6.00. The first-order valence-corrected chi connectivity index (χ1v) is 10.5. The second-order valence-electron chi connectivity index (χ2n) is 8.59. The summed E-state index contributed by atoms with van der Waals surface area (Å²) < 4.78 is 4.90. The van der Waals surface area contributed by atoms with Crippen LogP contribution in [0.15, 0.2) is 42.0 Å². The minimum atomic E-state index is -0.0825. The van der Waals surface area contributed by atoms with Crippen LogP contribution in [-0.2, 0) is 20.9 Å². The summed E-state index contributed by atoms with van der Waals surface area (Å²) in [6.07, 6.45) is 3.80. The van der Waals surface area contributed by atoms with E-state index in [-0.39, 0.29) is 24.3 Å². The van der Waals surface area contributed by atoms with E-state index in [1.807, 2.05) is 42.3 Å². The van der Waals surface area contributed by atoms with Crippen LogP contribution in [0.4, 0.5) is 0 Å². The summed E-state index contributed by atoms with van der Waals surface area (Å²) in [4.78, 5) is 26.4. The van der Waals surface area contributed by atoms with Crippen molar-refractivity contribution in [3.05, 3.63) is 47.5 Å². The molecule has 29 heavy (non-hydrogen) atoms. The van der Waals surface area contributed by atoms with Crippen LogP contribution < -0.4 is 5.32 Å². The largest absolute Gasteiger partial charge is 0.375 e. The molecule has 2 rings (SSSR count). The molecule has 1 aliphatic carbocycles. The first-order valence-electron chi connectivity index (χ1n) is 10.5. The van der Waals surface area contributed by atoms with Crippen LogP contribution in [0.3, 0.4) is 0 Å². The standard InChI is InChI=1S/C24H36N2O3/c1-17(2)22-12-20(18(3)11-21(22)14-25-23(27)16-29-5)13-24(28)26(4)15-19-9-7-6-8-10-19/h6-11,17,20-22H,12-16H2,1-5H3,(H,25,27). The van der Waals surface area contributed by atoms with Crippen LogP contribution in [0, 0.1) is 23.7 Å². The molecule has 0 radical (unpaired) electrons. The number of nitrogens with one attached hydrogen (secondary N) is 1. The molecule has 0 aliphatic heterocycles. The first kappa shape index (κ1) is 23.1. The van der Waals surface area contributed by atoms with Crippen molar-refractivity contribution in [1.29, 1.82) is 0 Å². The number of ether oxygens (including phenoxy) is 1. The number of rotatable bonds is 9. The van der Waals surface area contributed by atoms with Crippen molar-refractivity contribution in [2.75, 3.05) is 27.3 Å². The maximum Gasteiger partial charge on any atom is 0.246 e. The third kappa shape index (κ3) is 7.00. The molecular weight excluding hydrogens is 364 g/mol. The van der Waals surface area contributed by atoms with Crippen molar-refractivity contribution < 1.29 is 14.3 Å². The third-order valence-electron chi connectivity index (χ3n) is 6.00. The van der Waals surface area contributed by atoms with E-state index in [1.165, 1.54) is 12.7 Å². The van der Waals surface area contributed by atoms with E-state index in [4.69, 9.17) is 4.74 Å². The summed E-state index contributed by atoms with van der Waals surface area (Å²) in [5, 5.41) is 2.98. The fourth-order valence-electron chi connectivity index (χ4n) is 4.23. The fraction of sp³-hybridized carbons (Fsp3) is 0.583. The molecule has 3 atom stereocenters. The topological polar surface area (TPSA) is 58.6 Å². The monoisotopic (exact) mass is 400 g/mol. The van der Waals surface area contributed by atoms with Crippen LogP contribution in [-0.4, -0.2) is 44.0 Å². The summed E-state index contributed by atoms with van der Waals surface area (Å²) in [6.45, 7) is 7.92. The molecule has 0 saturated carbocycles. The molecule has 5 heteroatoms. The Morgan fingerprint density at radius 2 is 1.93 bits per heavy atom. The number of hydrogen-bond acceptors (Lipinski definition) is 3. The molecule has 0 aromatic heterocycles. The van der Waals surface area contributed by atoms with Crippen molar-refractivity contribution in [2.45, 2.75) is 40.2 Å². The van der Waals surface area contributed by atoms with Crippen molar-refractivity contribution in [3.8, 4) is 0 Å². The highest BCUT2D eigenvalue weighted by molar-refractivity contribution is 5.77. The molecule has 0 saturated heterocycles. The lowest BCUT2D eigenvalue weighted by atomic mass is 9.69. The zero-order chi connectivity index (χ0) is 21.4. The van der Waals surface area contributed by atoms with Crippen LogP contribution in [0.2, 0.25) is 0 Å². The first-order chi connectivity index (χ1) is 13.8. The predicted molar refractivity (Wildman–Crippen MR) is 116 cm³/mol. The van der Waals surface area contributed by atoms with E-state index >= 15 is 0 Å². The van der Waals surface area contributed by atoms with Gasteiger partial charge in [0.2, 0.25) is 11.8 Å². The van der Waals surface area contributed by atoms with Gasteiger partial charge in [0.05, 0.1) is 0 Å². The lowest BCUT2D eigenvalue weighted by molar-refractivity contribution is -0.131. The Balaban J connectivity index is 1.99. The molecule has 3 unspecified atom stereocenters. The van der Waals surface area contributed by atoms with Gasteiger partial charge in [-0.15, -0.1) is 0 Å². The second-order valence-corrected chi connectivity index (χ2v) is 8.59. The summed E-state index contributed by atoms with van der Waals surface area (Å²) in [5.41, 5.74) is 2.40. The number of allylic oxidation sites excluding steroid dienone is 1. The van der Waals surface area contributed by atoms with E-state index in [0.717, 1.165) is 12.0 Å². The van der Waals surface area contributed by atoms with Gasteiger partial charge in [0.25, 0.3) is 0 Å². The number of amides is 2. The smallest absolute Gasteiger partial charge is 0.246 e. The SMILES string of the molecule is COCC(=O)NCC1C=C(C)C(CC(=O)N(C)Cc2ccccc2)CC1C(C)C. The Morgan fingerprint density at radius 1 is 1.24 bits per heavy atom. The summed E-state index contributed by atoms with van der Waals surface area (Å²) in [5.74, 6) is 1.59. The van der Waals surface area contributed by atoms with Gasteiger partial charge in [-0.3, -0.25) is 9.59 Å². The molecule has 1 aliphatic rings. The van der Waals surface area contributed by atoms with Gasteiger partial charge in [0.15, 0.2) is 0 Å². The Labute approximate surface area is 175 Å². The lowest BCUT2D eigenvalue weighted by Crippen LogP contribution is -2.38. The van der Waals surface area contributed by atoms with Crippen molar-refractivity contribution in [3.63, 3.8) is 0 Å². The minimum Gasteiger partial charge on any atom is -0.375 e. The number of methoxy groups -OCH3 is 1. The van der Waals surface area contributed by atoms with Crippen molar-refractivity contribution in [2.24, 2.45) is 23.7 Å². The van der Waals surface area contributed by atoms with Gasteiger partial charge in [0.1, 0.15) is 6.61 Å². The molecule has 0 bridgehead atoms. The molecule has 1 aromatic rings. The number of hydrogen-bond donors (Lipinski definition) is 1. The van der Waals surface area contributed by atoms with Crippen LogP contribution in [0.25, 0.3) is 0 Å². The van der Waals surface area contributed by atoms with E-state index in [9.17, 15) is 9.59 Å². The quantitative estimate of drug-likeness (QED) is 0.644. The van der Waals surface area contributed by atoms with Crippen molar-refractivity contribution in [1.82, 2.24) is 10.2 Å². The zero-order valence-electron chi connectivity index (χ0n) is 18.5. The zero-order valence-corrected chi connectivity index (χ0v) is 18.5. The molecule has 0 fully saturated rings. The van der Waals surface area contributed by atoms with Gasteiger partial charge >= 0.3 is 0 Å². The molecule has 5 nitrogen and oxygen atoms in total. The molecule has 2 amide bonds. The molecule has 1 N–H and O–H groups in total. The summed E-state index contributed by atoms with van der Waals surface area (Å²) >= 11 is 0. The fourth-order valence-corrected chi connectivity index (χ4v) is 4.23. The minimum absolute atomic E-state index is 0.0825. The van der Waals surface area contributed by atoms with Gasteiger partial charge < -0.3 is 15.0 Å². The molecule has 160 valence electrons. The molecular formula is C24H36N2O3. The maximum atomic E-state index is 12.8. The number of carbonyl (C=O) groups is 2. The number of carbonyl (C=O) groups excluding carboxylic acids is 2. The van der Waals surface area contributed by atoms with Crippen LogP contribution in [0.1, 0.15) is 39.2 Å². The Hall–Kier alpha value is -2.14. The lowest BCUT2D eigenvalue weighted by Gasteiger charge is -2.37.